The minimum absolute atomic E-state index is 0.254. The van der Waals surface area contributed by atoms with Gasteiger partial charge < -0.3 is 10.0 Å². The zero-order valence-electron chi connectivity index (χ0n) is 9.65. The first kappa shape index (κ1) is 11.7. The molecule has 0 bridgehead atoms. The van der Waals surface area contributed by atoms with E-state index in [2.05, 4.69) is 15.9 Å². The Balaban J connectivity index is 1.93. The van der Waals surface area contributed by atoms with Crippen LogP contribution in [0.15, 0.2) is 22.7 Å². The lowest BCUT2D eigenvalue weighted by molar-refractivity contribution is -0.148. The summed E-state index contributed by atoms with van der Waals surface area (Å²) in [5.74, 6) is -1.24. The lowest BCUT2D eigenvalue weighted by Crippen LogP contribution is -2.40. The SMILES string of the molecule is O=C(O)C1(C(=O)N2CCc3cc(Br)ccc32)CC1. The lowest BCUT2D eigenvalue weighted by Gasteiger charge is -2.21. The van der Waals surface area contributed by atoms with Crippen LogP contribution in [0.5, 0.6) is 0 Å². The molecule has 1 aromatic rings. The summed E-state index contributed by atoms with van der Waals surface area (Å²) in [5.41, 5.74) is 0.809. The van der Waals surface area contributed by atoms with E-state index in [-0.39, 0.29) is 5.91 Å². The number of halogens is 1. The van der Waals surface area contributed by atoms with Gasteiger partial charge in [-0.25, -0.2) is 0 Å². The number of hydrogen-bond donors (Lipinski definition) is 1. The van der Waals surface area contributed by atoms with Gasteiger partial charge in [0.1, 0.15) is 5.41 Å². The van der Waals surface area contributed by atoms with Crippen LogP contribution in [-0.4, -0.2) is 23.5 Å². The molecule has 94 valence electrons. The van der Waals surface area contributed by atoms with Crippen LogP contribution in [0, 0.1) is 5.41 Å². The molecule has 1 N–H and O–H groups in total. The molecule has 0 spiro atoms. The molecule has 1 saturated carbocycles. The van der Waals surface area contributed by atoms with Gasteiger partial charge in [-0.05, 0) is 43.0 Å². The number of benzene rings is 1. The van der Waals surface area contributed by atoms with E-state index in [9.17, 15) is 14.7 Å². The molecule has 5 heteroatoms. The number of anilines is 1. The largest absolute Gasteiger partial charge is 0.480 e. The number of hydrogen-bond acceptors (Lipinski definition) is 2. The minimum atomic E-state index is -1.14. The molecule has 1 aliphatic heterocycles. The van der Waals surface area contributed by atoms with Crippen molar-refractivity contribution < 1.29 is 14.7 Å². The second-order valence-corrected chi connectivity index (χ2v) is 5.78. The van der Waals surface area contributed by atoms with E-state index in [0.717, 1.165) is 22.1 Å². The van der Waals surface area contributed by atoms with Crippen molar-refractivity contribution in [3.63, 3.8) is 0 Å². The fourth-order valence-corrected chi connectivity index (χ4v) is 2.89. The summed E-state index contributed by atoms with van der Waals surface area (Å²) in [6.07, 6.45) is 1.71. The molecule has 0 aromatic heterocycles. The predicted molar refractivity (Wildman–Crippen MR) is 69.5 cm³/mol. The second kappa shape index (κ2) is 3.82. The fourth-order valence-electron chi connectivity index (χ4n) is 2.48. The standard InChI is InChI=1S/C13H12BrNO3/c14-9-1-2-10-8(7-9)3-6-15(10)11(16)13(4-5-13)12(17)18/h1-2,7H,3-6H2,(H,17,18). The number of amides is 1. The normalized spacial score (nSPS) is 19.5. The van der Waals surface area contributed by atoms with Crippen LogP contribution in [0.3, 0.4) is 0 Å². The van der Waals surface area contributed by atoms with Gasteiger partial charge in [0.25, 0.3) is 0 Å². The number of fused-ring (bicyclic) bond motifs is 1. The lowest BCUT2D eigenvalue weighted by atomic mass is 10.1. The number of carboxylic acid groups (broad SMARTS) is 1. The highest BCUT2D eigenvalue weighted by Crippen LogP contribution is 2.49. The molecule has 2 aliphatic rings. The van der Waals surface area contributed by atoms with Crippen LogP contribution in [0.1, 0.15) is 18.4 Å². The quantitative estimate of drug-likeness (QED) is 0.852. The van der Waals surface area contributed by atoms with E-state index in [4.69, 9.17) is 0 Å². The highest BCUT2D eigenvalue weighted by molar-refractivity contribution is 9.10. The number of carbonyl (C=O) groups is 2. The maximum absolute atomic E-state index is 12.4. The van der Waals surface area contributed by atoms with E-state index >= 15 is 0 Å². The molecule has 1 heterocycles. The van der Waals surface area contributed by atoms with E-state index in [1.165, 1.54) is 0 Å². The Bertz CT molecular complexity index is 551. The second-order valence-electron chi connectivity index (χ2n) is 4.87. The van der Waals surface area contributed by atoms with Gasteiger partial charge in [-0.2, -0.15) is 0 Å². The zero-order valence-corrected chi connectivity index (χ0v) is 11.2. The fraction of sp³-hybridized carbons (Fsp3) is 0.385. The summed E-state index contributed by atoms with van der Waals surface area (Å²) in [7, 11) is 0. The van der Waals surface area contributed by atoms with Gasteiger partial charge >= 0.3 is 5.97 Å². The van der Waals surface area contributed by atoms with Crippen molar-refractivity contribution in [3.8, 4) is 0 Å². The Morgan fingerprint density at radius 2 is 2.06 bits per heavy atom. The van der Waals surface area contributed by atoms with Crippen LogP contribution < -0.4 is 4.90 Å². The smallest absolute Gasteiger partial charge is 0.319 e. The highest BCUT2D eigenvalue weighted by Gasteiger charge is 2.59. The van der Waals surface area contributed by atoms with Crippen molar-refractivity contribution in [1.29, 1.82) is 0 Å². The Hall–Kier alpha value is -1.36. The van der Waals surface area contributed by atoms with E-state index in [1.54, 1.807) is 4.90 Å². The van der Waals surface area contributed by atoms with Crippen LogP contribution in [0.2, 0.25) is 0 Å². The monoisotopic (exact) mass is 309 g/mol. The first-order valence-corrected chi connectivity index (χ1v) is 6.68. The van der Waals surface area contributed by atoms with Crippen LogP contribution >= 0.6 is 15.9 Å². The van der Waals surface area contributed by atoms with Gasteiger partial charge in [0.15, 0.2) is 0 Å². The Kier molecular flexibility index (Phi) is 2.48. The Morgan fingerprint density at radius 1 is 1.33 bits per heavy atom. The van der Waals surface area contributed by atoms with E-state index < -0.39 is 11.4 Å². The highest BCUT2D eigenvalue weighted by atomic mass is 79.9. The van der Waals surface area contributed by atoms with E-state index in [0.29, 0.717) is 19.4 Å². The number of carboxylic acids is 1. The molecule has 3 rings (SSSR count). The predicted octanol–water partition coefficient (Wildman–Crippen LogP) is 2.20. The molecule has 1 aliphatic carbocycles. The molecule has 18 heavy (non-hydrogen) atoms. The Morgan fingerprint density at radius 3 is 2.67 bits per heavy atom. The topological polar surface area (TPSA) is 57.6 Å². The first-order chi connectivity index (χ1) is 8.54. The third-order valence-electron chi connectivity index (χ3n) is 3.75. The molecule has 0 saturated heterocycles. The summed E-state index contributed by atoms with van der Waals surface area (Å²) >= 11 is 3.40. The molecule has 0 atom stereocenters. The summed E-state index contributed by atoms with van der Waals surface area (Å²) in [6, 6.07) is 5.75. The molecular formula is C13H12BrNO3. The summed E-state index contributed by atoms with van der Waals surface area (Å²) < 4.78 is 0.981. The van der Waals surface area contributed by atoms with Gasteiger partial charge in [0, 0.05) is 16.7 Å². The third-order valence-corrected chi connectivity index (χ3v) is 4.24. The molecule has 1 aromatic carbocycles. The van der Waals surface area contributed by atoms with Gasteiger partial charge in [-0.3, -0.25) is 9.59 Å². The van der Waals surface area contributed by atoms with Crippen LogP contribution in [0.4, 0.5) is 5.69 Å². The molecule has 0 unspecified atom stereocenters. The van der Waals surface area contributed by atoms with E-state index in [1.807, 2.05) is 18.2 Å². The molecule has 0 radical (unpaired) electrons. The molecule has 4 nitrogen and oxygen atoms in total. The van der Waals surface area contributed by atoms with Gasteiger partial charge in [-0.1, -0.05) is 15.9 Å². The molecule has 1 fully saturated rings. The van der Waals surface area contributed by atoms with Crippen molar-refractivity contribution in [2.45, 2.75) is 19.3 Å². The number of aliphatic carboxylic acids is 1. The molecular weight excluding hydrogens is 298 g/mol. The first-order valence-electron chi connectivity index (χ1n) is 5.88. The zero-order chi connectivity index (χ0) is 12.9. The van der Waals surface area contributed by atoms with Crippen molar-refractivity contribution in [1.82, 2.24) is 0 Å². The van der Waals surface area contributed by atoms with Crippen LogP contribution in [0.25, 0.3) is 0 Å². The van der Waals surface area contributed by atoms with Gasteiger partial charge in [0.05, 0.1) is 0 Å². The number of rotatable bonds is 2. The van der Waals surface area contributed by atoms with Gasteiger partial charge in [-0.15, -0.1) is 0 Å². The minimum Gasteiger partial charge on any atom is -0.480 e. The average Bonchev–Trinajstić information content (AvgIpc) is 3.04. The van der Waals surface area contributed by atoms with Crippen LogP contribution in [-0.2, 0) is 16.0 Å². The van der Waals surface area contributed by atoms with Crippen molar-refractivity contribution in [2.75, 3.05) is 11.4 Å². The summed E-state index contributed by atoms with van der Waals surface area (Å²) in [6.45, 7) is 0.583. The Labute approximate surface area is 113 Å². The summed E-state index contributed by atoms with van der Waals surface area (Å²) in [5, 5.41) is 9.17. The third kappa shape index (κ3) is 1.57. The maximum Gasteiger partial charge on any atom is 0.319 e. The van der Waals surface area contributed by atoms with Crippen molar-refractivity contribution in [3.05, 3.63) is 28.2 Å². The average molecular weight is 310 g/mol. The number of carbonyl (C=O) groups excluding carboxylic acids is 1. The number of nitrogens with zero attached hydrogens (tertiary/aromatic N) is 1. The maximum atomic E-state index is 12.4. The van der Waals surface area contributed by atoms with Crippen molar-refractivity contribution in [2.24, 2.45) is 5.41 Å². The van der Waals surface area contributed by atoms with Gasteiger partial charge in [0.2, 0.25) is 5.91 Å². The summed E-state index contributed by atoms with van der Waals surface area (Å²) in [4.78, 5) is 25.2. The van der Waals surface area contributed by atoms with Crippen molar-refractivity contribution >= 4 is 33.5 Å². The molecule has 1 amide bonds.